The lowest BCUT2D eigenvalue weighted by atomic mass is 10.0. The SMILES string of the molecule is O=Cc1ccc(-c2ccc(N(c3ccccc3)c3ccccc3)cc2)cc1O. The van der Waals surface area contributed by atoms with E-state index in [2.05, 4.69) is 41.3 Å². The molecular weight excluding hydrogens is 346 g/mol. The van der Waals surface area contributed by atoms with Gasteiger partial charge in [-0.05, 0) is 59.7 Å². The van der Waals surface area contributed by atoms with Crippen LogP contribution < -0.4 is 4.90 Å². The Morgan fingerprint density at radius 1 is 0.607 bits per heavy atom. The Bertz CT molecular complexity index is 1040. The zero-order valence-electron chi connectivity index (χ0n) is 15.2. The maximum Gasteiger partial charge on any atom is 0.153 e. The van der Waals surface area contributed by atoms with Gasteiger partial charge in [0.1, 0.15) is 5.75 Å². The van der Waals surface area contributed by atoms with E-state index in [1.54, 1.807) is 12.1 Å². The molecule has 1 N–H and O–H groups in total. The van der Waals surface area contributed by atoms with Crippen molar-refractivity contribution in [3.63, 3.8) is 0 Å². The van der Waals surface area contributed by atoms with Crippen LogP contribution in [0.25, 0.3) is 11.1 Å². The molecule has 136 valence electrons. The summed E-state index contributed by atoms with van der Waals surface area (Å²) in [6.45, 7) is 0. The minimum absolute atomic E-state index is 0.00762. The van der Waals surface area contributed by atoms with Crippen molar-refractivity contribution in [2.75, 3.05) is 4.90 Å². The monoisotopic (exact) mass is 365 g/mol. The molecule has 0 aliphatic rings. The van der Waals surface area contributed by atoms with Crippen LogP contribution in [-0.2, 0) is 0 Å². The quantitative estimate of drug-likeness (QED) is 0.419. The van der Waals surface area contributed by atoms with Crippen molar-refractivity contribution in [3.8, 4) is 16.9 Å². The van der Waals surface area contributed by atoms with Crippen molar-refractivity contribution in [1.82, 2.24) is 0 Å². The number of nitrogens with zero attached hydrogens (tertiary/aromatic N) is 1. The van der Waals surface area contributed by atoms with Gasteiger partial charge in [0.2, 0.25) is 0 Å². The number of aldehydes is 1. The smallest absolute Gasteiger partial charge is 0.153 e. The van der Waals surface area contributed by atoms with Gasteiger partial charge >= 0.3 is 0 Å². The number of aromatic hydroxyl groups is 1. The second kappa shape index (κ2) is 7.80. The summed E-state index contributed by atoms with van der Waals surface area (Å²) in [5.41, 5.74) is 5.32. The zero-order chi connectivity index (χ0) is 19.3. The molecule has 0 saturated heterocycles. The molecule has 0 fully saturated rings. The van der Waals surface area contributed by atoms with Crippen LogP contribution in [-0.4, -0.2) is 11.4 Å². The minimum atomic E-state index is -0.00762. The molecule has 4 aromatic carbocycles. The maximum atomic E-state index is 10.9. The Morgan fingerprint density at radius 3 is 1.61 bits per heavy atom. The van der Waals surface area contributed by atoms with E-state index < -0.39 is 0 Å². The van der Waals surface area contributed by atoms with Crippen LogP contribution in [0.4, 0.5) is 17.1 Å². The molecule has 3 heteroatoms. The molecule has 3 nitrogen and oxygen atoms in total. The van der Waals surface area contributed by atoms with Gasteiger partial charge in [-0.3, -0.25) is 4.79 Å². The van der Waals surface area contributed by atoms with Gasteiger partial charge in [-0.2, -0.15) is 0 Å². The summed E-state index contributed by atoms with van der Waals surface area (Å²) in [4.78, 5) is 13.1. The van der Waals surface area contributed by atoms with Crippen LogP contribution in [0.5, 0.6) is 5.75 Å². The van der Waals surface area contributed by atoms with Gasteiger partial charge in [-0.15, -0.1) is 0 Å². The zero-order valence-corrected chi connectivity index (χ0v) is 15.2. The van der Waals surface area contributed by atoms with Gasteiger partial charge < -0.3 is 10.0 Å². The molecule has 0 aliphatic carbocycles. The summed E-state index contributed by atoms with van der Waals surface area (Å²) in [6, 6.07) is 33.7. The first-order valence-corrected chi connectivity index (χ1v) is 9.05. The molecular formula is C25H19NO2. The number of carbonyl (C=O) groups excluding carboxylic acids is 1. The number of benzene rings is 4. The normalized spacial score (nSPS) is 10.4. The van der Waals surface area contributed by atoms with E-state index in [1.807, 2.05) is 54.6 Å². The summed E-state index contributed by atoms with van der Waals surface area (Å²) in [5.74, 6) is -0.00762. The highest BCUT2D eigenvalue weighted by Gasteiger charge is 2.12. The lowest BCUT2D eigenvalue weighted by Crippen LogP contribution is -2.09. The molecule has 0 aliphatic heterocycles. The van der Waals surface area contributed by atoms with Gasteiger partial charge in [0.15, 0.2) is 6.29 Å². The summed E-state index contributed by atoms with van der Waals surface area (Å²) < 4.78 is 0. The van der Waals surface area contributed by atoms with Crippen molar-refractivity contribution in [3.05, 3.63) is 109 Å². The fraction of sp³-hybridized carbons (Fsp3) is 0. The Kier molecular flexibility index (Phi) is 4.89. The Morgan fingerprint density at radius 2 is 1.11 bits per heavy atom. The largest absolute Gasteiger partial charge is 0.507 e. The molecule has 0 saturated carbocycles. The summed E-state index contributed by atoms with van der Waals surface area (Å²) in [6.07, 6.45) is 0.653. The number of hydrogen-bond acceptors (Lipinski definition) is 3. The number of carbonyl (C=O) groups is 1. The average molecular weight is 365 g/mol. The highest BCUT2D eigenvalue weighted by molar-refractivity contribution is 5.82. The molecule has 0 amide bonds. The molecule has 0 radical (unpaired) electrons. The first-order valence-electron chi connectivity index (χ1n) is 9.05. The van der Waals surface area contributed by atoms with Crippen molar-refractivity contribution in [1.29, 1.82) is 0 Å². The third-order valence-electron chi connectivity index (χ3n) is 4.65. The molecule has 0 heterocycles. The summed E-state index contributed by atoms with van der Waals surface area (Å²) in [7, 11) is 0. The summed E-state index contributed by atoms with van der Waals surface area (Å²) >= 11 is 0. The molecule has 4 aromatic rings. The standard InChI is InChI=1S/C25H19NO2/c27-18-21-12-11-20(17-25(21)28)19-13-15-24(16-14-19)26(22-7-3-1-4-8-22)23-9-5-2-6-10-23/h1-18,28H. The fourth-order valence-corrected chi connectivity index (χ4v) is 3.23. The van der Waals surface area contributed by atoms with Crippen molar-refractivity contribution in [2.45, 2.75) is 0 Å². The predicted octanol–water partition coefficient (Wildman–Crippen LogP) is 6.34. The first-order chi connectivity index (χ1) is 13.8. The third kappa shape index (κ3) is 3.51. The molecule has 4 rings (SSSR count). The Labute approximate surface area is 164 Å². The van der Waals surface area contributed by atoms with E-state index in [1.165, 1.54) is 0 Å². The van der Waals surface area contributed by atoms with E-state index in [0.29, 0.717) is 11.8 Å². The third-order valence-corrected chi connectivity index (χ3v) is 4.65. The molecule has 0 aromatic heterocycles. The Hall–Kier alpha value is -3.85. The number of hydrogen-bond donors (Lipinski definition) is 1. The lowest BCUT2D eigenvalue weighted by Gasteiger charge is -2.25. The fourth-order valence-electron chi connectivity index (χ4n) is 3.23. The summed E-state index contributed by atoms with van der Waals surface area (Å²) in [5, 5.41) is 9.95. The lowest BCUT2D eigenvalue weighted by molar-refractivity contribution is 0.112. The maximum absolute atomic E-state index is 10.9. The van der Waals surface area contributed by atoms with E-state index in [9.17, 15) is 9.90 Å². The van der Waals surface area contributed by atoms with Crippen LogP contribution in [0, 0.1) is 0 Å². The highest BCUT2D eigenvalue weighted by atomic mass is 16.3. The number of phenolic OH excluding ortho intramolecular Hbond substituents is 1. The van der Waals surface area contributed by atoms with Gasteiger partial charge in [-0.25, -0.2) is 0 Å². The van der Waals surface area contributed by atoms with Crippen molar-refractivity contribution < 1.29 is 9.90 Å². The van der Waals surface area contributed by atoms with Gasteiger partial charge in [0.05, 0.1) is 5.56 Å². The molecule has 0 atom stereocenters. The number of anilines is 3. The van der Waals surface area contributed by atoms with Crippen LogP contribution in [0.3, 0.4) is 0 Å². The number of rotatable bonds is 5. The van der Waals surface area contributed by atoms with Crippen LogP contribution >= 0.6 is 0 Å². The Balaban J connectivity index is 1.73. The van der Waals surface area contributed by atoms with E-state index in [4.69, 9.17) is 0 Å². The van der Waals surface area contributed by atoms with Gasteiger partial charge in [-0.1, -0.05) is 54.6 Å². The van der Waals surface area contributed by atoms with E-state index >= 15 is 0 Å². The topological polar surface area (TPSA) is 40.5 Å². The van der Waals surface area contributed by atoms with E-state index in [-0.39, 0.29) is 5.75 Å². The molecule has 0 spiro atoms. The second-order valence-corrected chi connectivity index (χ2v) is 6.44. The van der Waals surface area contributed by atoms with Crippen LogP contribution in [0.2, 0.25) is 0 Å². The van der Waals surface area contributed by atoms with Crippen molar-refractivity contribution >= 4 is 23.3 Å². The van der Waals surface area contributed by atoms with Crippen LogP contribution in [0.15, 0.2) is 103 Å². The van der Waals surface area contributed by atoms with Gasteiger partial charge in [0.25, 0.3) is 0 Å². The highest BCUT2D eigenvalue weighted by Crippen LogP contribution is 2.35. The predicted molar refractivity (Wildman–Crippen MR) is 114 cm³/mol. The number of para-hydroxylation sites is 2. The average Bonchev–Trinajstić information content (AvgIpc) is 2.76. The first kappa shape index (κ1) is 17.6. The van der Waals surface area contributed by atoms with E-state index in [0.717, 1.165) is 28.2 Å². The number of phenols is 1. The molecule has 28 heavy (non-hydrogen) atoms. The van der Waals surface area contributed by atoms with Gasteiger partial charge in [0, 0.05) is 17.1 Å². The minimum Gasteiger partial charge on any atom is -0.507 e. The second-order valence-electron chi connectivity index (χ2n) is 6.44. The molecule has 0 bridgehead atoms. The van der Waals surface area contributed by atoms with Crippen molar-refractivity contribution in [2.24, 2.45) is 0 Å². The van der Waals surface area contributed by atoms with Crippen LogP contribution in [0.1, 0.15) is 10.4 Å². The molecule has 0 unspecified atom stereocenters.